The van der Waals surface area contributed by atoms with E-state index in [0.717, 1.165) is 12.8 Å². The number of rotatable bonds is 6. The molecule has 0 spiro atoms. The first-order valence-electron chi connectivity index (χ1n) is 6.27. The number of hydrogen-bond acceptors (Lipinski definition) is 5. The Hall–Kier alpha value is -1.96. The van der Waals surface area contributed by atoms with Crippen LogP contribution in [0.4, 0.5) is 4.79 Å². The normalized spacial score (nSPS) is 14.2. The molecule has 19 heavy (non-hydrogen) atoms. The van der Waals surface area contributed by atoms with Crippen LogP contribution in [0.3, 0.4) is 0 Å². The molecule has 0 atom stereocenters. The smallest absolute Gasteiger partial charge is 0.321 e. The van der Waals surface area contributed by atoms with Gasteiger partial charge in [-0.2, -0.15) is 0 Å². The fraction of sp³-hybridized carbons (Fsp3) is 0.636. The maximum Gasteiger partial charge on any atom is 0.321 e. The number of nitrogens with one attached hydrogen (secondary N) is 2. The number of carbonyl (C=O) groups excluding carboxylic acids is 2. The van der Waals surface area contributed by atoms with Crippen LogP contribution >= 0.6 is 0 Å². The molecule has 8 heteroatoms. The fourth-order valence-corrected chi connectivity index (χ4v) is 1.55. The topological polar surface area (TPSA) is 109 Å². The third-order valence-electron chi connectivity index (χ3n) is 2.65. The van der Waals surface area contributed by atoms with Gasteiger partial charge in [0.1, 0.15) is 6.54 Å². The van der Waals surface area contributed by atoms with Crippen molar-refractivity contribution < 1.29 is 14.7 Å². The Labute approximate surface area is 110 Å². The Balaban J connectivity index is 1.74. The number of nitrogens with zero attached hydrogens (tertiary/aromatic N) is 3. The summed E-state index contributed by atoms with van der Waals surface area (Å²) in [6.07, 6.45) is 4.79. The van der Waals surface area contributed by atoms with Crippen LogP contribution in [0.25, 0.3) is 0 Å². The number of aliphatic hydroxyl groups excluding tert-OH is 1. The van der Waals surface area contributed by atoms with Crippen LogP contribution in [-0.2, 0) is 17.8 Å². The van der Waals surface area contributed by atoms with Crippen molar-refractivity contribution in [2.24, 2.45) is 0 Å². The minimum absolute atomic E-state index is 0.0514. The molecule has 1 saturated carbocycles. The number of aromatic nitrogens is 3. The Morgan fingerprint density at radius 2 is 2.26 bits per heavy atom. The maximum absolute atomic E-state index is 11.5. The van der Waals surface area contributed by atoms with Crippen molar-refractivity contribution in [2.75, 3.05) is 6.61 Å². The van der Waals surface area contributed by atoms with Crippen LogP contribution < -0.4 is 10.6 Å². The molecule has 1 heterocycles. The number of imide groups is 1. The van der Waals surface area contributed by atoms with Gasteiger partial charge < -0.3 is 10.4 Å². The quantitative estimate of drug-likeness (QED) is 0.624. The van der Waals surface area contributed by atoms with Crippen LogP contribution in [0, 0.1) is 0 Å². The number of hydrogen-bond donors (Lipinski definition) is 3. The summed E-state index contributed by atoms with van der Waals surface area (Å²) < 4.78 is 1.37. The van der Waals surface area contributed by atoms with Crippen molar-refractivity contribution >= 4 is 11.9 Å². The highest BCUT2D eigenvalue weighted by atomic mass is 16.3. The summed E-state index contributed by atoms with van der Waals surface area (Å²) in [6.45, 7) is 0.0406. The molecule has 0 aliphatic heterocycles. The minimum Gasteiger partial charge on any atom is -0.396 e. The van der Waals surface area contributed by atoms with E-state index in [1.807, 2.05) is 0 Å². The highest BCUT2D eigenvalue weighted by Gasteiger charge is 2.23. The first-order valence-corrected chi connectivity index (χ1v) is 6.27. The van der Waals surface area contributed by atoms with E-state index >= 15 is 0 Å². The molecule has 0 radical (unpaired) electrons. The first-order chi connectivity index (χ1) is 9.17. The summed E-state index contributed by atoms with van der Waals surface area (Å²) in [4.78, 5) is 22.9. The van der Waals surface area contributed by atoms with E-state index in [9.17, 15) is 9.59 Å². The van der Waals surface area contributed by atoms with Crippen LogP contribution in [0.2, 0.25) is 0 Å². The van der Waals surface area contributed by atoms with Gasteiger partial charge >= 0.3 is 6.03 Å². The van der Waals surface area contributed by atoms with Gasteiger partial charge in [0.25, 0.3) is 0 Å². The van der Waals surface area contributed by atoms with E-state index in [0.29, 0.717) is 18.5 Å². The van der Waals surface area contributed by atoms with E-state index < -0.39 is 11.9 Å². The molecule has 0 unspecified atom stereocenters. The Morgan fingerprint density at radius 1 is 1.47 bits per heavy atom. The first kappa shape index (κ1) is 13.5. The Bertz CT molecular complexity index is 455. The second kappa shape index (κ2) is 6.28. The zero-order chi connectivity index (χ0) is 13.7. The van der Waals surface area contributed by atoms with Crippen LogP contribution in [0.5, 0.6) is 0 Å². The number of aliphatic hydroxyl groups is 1. The molecule has 3 N–H and O–H groups in total. The van der Waals surface area contributed by atoms with Crippen LogP contribution in [0.15, 0.2) is 6.20 Å². The molecular formula is C11H17N5O3. The molecule has 0 saturated heterocycles. The van der Waals surface area contributed by atoms with Crippen molar-refractivity contribution in [3.63, 3.8) is 0 Å². The van der Waals surface area contributed by atoms with Gasteiger partial charge in [-0.05, 0) is 25.7 Å². The monoisotopic (exact) mass is 267 g/mol. The molecule has 1 aromatic heterocycles. The lowest BCUT2D eigenvalue weighted by atomic mass is 10.3. The van der Waals surface area contributed by atoms with Crippen molar-refractivity contribution in [3.05, 3.63) is 11.9 Å². The van der Waals surface area contributed by atoms with Gasteiger partial charge in [-0.3, -0.25) is 10.1 Å². The second-order valence-electron chi connectivity index (χ2n) is 4.53. The summed E-state index contributed by atoms with van der Waals surface area (Å²) in [5, 5.41) is 21.2. The van der Waals surface area contributed by atoms with Gasteiger partial charge in [-0.1, -0.05) is 5.21 Å². The lowest BCUT2D eigenvalue weighted by molar-refractivity contribution is -0.120. The van der Waals surface area contributed by atoms with E-state index in [1.165, 1.54) is 4.68 Å². The van der Waals surface area contributed by atoms with Crippen molar-refractivity contribution in [1.29, 1.82) is 0 Å². The summed E-state index contributed by atoms with van der Waals surface area (Å²) in [5.74, 6) is -0.434. The number of urea groups is 1. The molecule has 1 aliphatic rings. The summed E-state index contributed by atoms with van der Waals surface area (Å²) in [6, 6.07) is -0.252. The number of aryl methyl sites for hydroxylation is 1. The average Bonchev–Trinajstić information content (AvgIpc) is 3.04. The third-order valence-corrected chi connectivity index (χ3v) is 2.65. The molecule has 2 rings (SSSR count). The number of carbonyl (C=O) groups is 2. The lowest BCUT2D eigenvalue weighted by Crippen LogP contribution is -2.41. The van der Waals surface area contributed by atoms with Gasteiger partial charge in [-0.25, -0.2) is 9.48 Å². The average molecular weight is 267 g/mol. The predicted octanol–water partition coefficient (Wildman–Crippen LogP) is -0.809. The Kier molecular flexibility index (Phi) is 4.45. The summed E-state index contributed by atoms with van der Waals surface area (Å²) in [7, 11) is 0. The van der Waals surface area contributed by atoms with Gasteiger partial charge in [0.2, 0.25) is 5.91 Å². The number of amides is 3. The minimum atomic E-state index is -0.465. The van der Waals surface area contributed by atoms with Crippen molar-refractivity contribution in [3.8, 4) is 0 Å². The molecule has 0 aromatic carbocycles. The fourth-order valence-electron chi connectivity index (χ4n) is 1.55. The van der Waals surface area contributed by atoms with Crippen molar-refractivity contribution in [2.45, 2.75) is 38.3 Å². The van der Waals surface area contributed by atoms with Gasteiger partial charge in [-0.15, -0.1) is 5.10 Å². The summed E-state index contributed by atoms with van der Waals surface area (Å²) >= 11 is 0. The van der Waals surface area contributed by atoms with Gasteiger partial charge in [0.15, 0.2) is 0 Å². The van der Waals surface area contributed by atoms with Crippen LogP contribution in [-0.4, -0.2) is 44.7 Å². The molecule has 1 aromatic rings. The summed E-state index contributed by atoms with van der Waals surface area (Å²) in [5.41, 5.74) is 0.712. The maximum atomic E-state index is 11.5. The highest BCUT2D eigenvalue weighted by molar-refractivity contribution is 5.94. The second-order valence-corrected chi connectivity index (χ2v) is 4.53. The van der Waals surface area contributed by atoms with Gasteiger partial charge in [0, 0.05) is 18.8 Å². The lowest BCUT2D eigenvalue weighted by Gasteiger charge is -2.04. The zero-order valence-corrected chi connectivity index (χ0v) is 10.5. The molecule has 0 bridgehead atoms. The zero-order valence-electron chi connectivity index (χ0n) is 10.5. The Morgan fingerprint density at radius 3 is 2.95 bits per heavy atom. The van der Waals surface area contributed by atoms with Gasteiger partial charge in [0.05, 0.1) is 5.69 Å². The molecule has 1 aliphatic carbocycles. The third kappa shape index (κ3) is 4.66. The van der Waals surface area contributed by atoms with Crippen LogP contribution in [0.1, 0.15) is 25.0 Å². The van der Waals surface area contributed by atoms with E-state index in [1.54, 1.807) is 6.20 Å². The SMILES string of the molecule is O=C(Cn1cc(CCCO)nn1)NC(=O)NC1CC1. The van der Waals surface area contributed by atoms with E-state index in [-0.39, 0.29) is 19.2 Å². The standard InChI is InChI=1S/C11H17N5O3/c17-5-1-2-9-6-16(15-14-9)7-10(18)13-11(19)12-8-3-4-8/h6,8,17H,1-5,7H2,(H2,12,13,18,19). The molecule has 104 valence electrons. The van der Waals surface area contributed by atoms with Crippen molar-refractivity contribution in [1.82, 2.24) is 25.6 Å². The molecule has 8 nitrogen and oxygen atoms in total. The molecular weight excluding hydrogens is 250 g/mol. The molecule has 3 amide bonds. The predicted molar refractivity (Wildman–Crippen MR) is 65.1 cm³/mol. The van der Waals surface area contributed by atoms with E-state index in [4.69, 9.17) is 5.11 Å². The van der Waals surface area contributed by atoms with E-state index in [2.05, 4.69) is 20.9 Å². The largest absolute Gasteiger partial charge is 0.396 e. The molecule has 1 fully saturated rings. The highest BCUT2D eigenvalue weighted by Crippen LogP contribution is 2.18.